The topological polar surface area (TPSA) is 57.7 Å². The van der Waals surface area contributed by atoms with E-state index in [1.54, 1.807) is 9.21 Å². The number of amides is 1. The van der Waals surface area contributed by atoms with Gasteiger partial charge in [-0.25, -0.2) is 8.42 Å². The molecule has 5 nitrogen and oxygen atoms in total. The highest BCUT2D eigenvalue weighted by Gasteiger charge is 2.30. The minimum atomic E-state index is -3.28. The van der Waals surface area contributed by atoms with Crippen molar-refractivity contribution in [2.45, 2.75) is 51.0 Å². The van der Waals surface area contributed by atoms with Crippen LogP contribution in [0.25, 0.3) is 0 Å². The molecule has 0 spiro atoms. The van der Waals surface area contributed by atoms with Crippen LogP contribution >= 0.6 is 0 Å². The minimum absolute atomic E-state index is 0.0180. The van der Waals surface area contributed by atoms with E-state index in [-0.39, 0.29) is 18.4 Å². The maximum Gasteiger partial charge on any atom is 0.228 e. The molecule has 1 saturated carbocycles. The van der Waals surface area contributed by atoms with Crippen molar-refractivity contribution < 1.29 is 13.2 Å². The number of rotatable bonds is 5. The molecule has 0 bridgehead atoms. The first kappa shape index (κ1) is 17.4. The van der Waals surface area contributed by atoms with Gasteiger partial charge in [-0.15, -0.1) is 0 Å². The highest BCUT2D eigenvalue weighted by molar-refractivity contribution is 7.88. The molecule has 1 aliphatic heterocycles. The summed E-state index contributed by atoms with van der Waals surface area (Å²) in [5.41, 5.74) is 2.17. The highest BCUT2D eigenvalue weighted by Crippen LogP contribution is 2.29. The van der Waals surface area contributed by atoms with Crippen molar-refractivity contribution in [3.8, 4) is 0 Å². The molecule has 0 atom stereocenters. The van der Waals surface area contributed by atoms with Crippen molar-refractivity contribution >= 4 is 21.6 Å². The molecular formula is C18H26N2O3S. The normalized spacial score (nSPS) is 18.8. The molecular weight excluding hydrogens is 324 g/mol. The van der Waals surface area contributed by atoms with Gasteiger partial charge >= 0.3 is 0 Å². The van der Waals surface area contributed by atoms with E-state index in [0.29, 0.717) is 13.1 Å². The highest BCUT2D eigenvalue weighted by atomic mass is 32.2. The largest absolute Gasteiger partial charge is 0.312 e. The van der Waals surface area contributed by atoms with Gasteiger partial charge in [-0.3, -0.25) is 4.79 Å². The lowest BCUT2D eigenvalue weighted by Gasteiger charge is -2.32. The molecule has 1 fully saturated rings. The molecule has 0 radical (unpaired) electrons. The number of carbonyl (C=O) groups is 1. The van der Waals surface area contributed by atoms with Crippen molar-refractivity contribution in [1.29, 1.82) is 0 Å². The van der Waals surface area contributed by atoms with Crippen LogP contribution in [0, 0.1) is 0 Å². The fraction of sp³-hybridized carbons (Fsp3) is 0.611. The van der Waals surface area contributed by atoms with E-state index in [1.807, 2.05) is 24.3 Å². The Morgan fingerprint density at radius 3 is 2.62 bits per heavy atom. The van der Waals surface area contributed by atoms with Gasteiger partial charge in [0.1, 0.15) is 0 Å². The molecule has 0 N–H and O–H groups in total. The summed E-state index contributed by atoms with van der Waals surface area (Å²) in [4.78, 5) is 14.4. The molecule has 1 aliphatic carbocycles. The number of benzene rings is 1. The molecule has 1 aromatic rings. The molecule has 2 aliphatic rings. The maximum atomic E-state index is 12.6. The predicted octanol–water partition coefficient (Wildman–Crippen LogP) is 2.56. The molecule has 1 aromatic carbocycles. The zero-order chi connectivity index (χ0) is 17.2. The van der Waals surface area contributed by atoms with Gasteiger partial charge < -0.3 is 4.90 Å². The Morgan fingerprint density at radius 1 is 1.21 bits per heavy atom. The first-order valence-corrected chi connectivity index (χ1v) is 10.7. The van der Waals surface area contributed by atoms with Gasteiger partial charge in [-0.05, 0) is 30.9 Å². The van der Waals surface area contributed by atoms with Crippen LogP contribution in [0.3, 0.4) is 0 Å². The van der Waals surface area contributed by atoms with Gasteiger partial charge in [-0.1, -0.05) is 37.5 Å². The van der Waals surface area contributed by atoms with E-state index in [0.717, 1.165) is 37.8 Å². The zero-order valence-electron chi connectivity index (χ0n) is 14.3. The lowest BCUT2D eigenvalue weighted by atomic mass is 9.95. The van der Waals surface area contributed by atoms with Crippen LogP contribution in [-0.4, -0.2) is 44.0 Å². The minimum Gasteiger partial charge on any atom is -0.312 e. The summed E-state index contributed by atoms with van der Waals surface area (Å²) in [7, 11) is -3.28. The van der Waals surface area contributed by atoms with Crippen molar-refractivity contribution in [3.05, 3.63) is 29.8 Å². The van der Waals surface area contributed by atoms with E-state index in [1.165, 1.54) is 18.2 Å². The van der Waals surface area contributed by atoms with Gasteiger partial charge in [0, 0.05) is 31.2 Å². The van der Waals surface area contributed by atoms with Crippen LogP contribution < -0.4 is 4.90 Å². The molecule has 0 aromatic heterocycles. The Hall–Kier alpha value is -1.40. The number of carbonyl (C=O) groups excluding carboxylic acids is 1. The molecule has 6 heteroatoms. The average Bonchev–Trinajstić information content (AvgIpc) is 2.99. The molecule has 1 amide bonds. The van der Waals surface area contributed by atoms with E-state index in [4.69, 9.17) is 0 Å². The maximum absolute atomic E-state index is 12.6. The summed E-state index contributed by atoms with van der Waals surface area (Å²) in [6.07, 6.45) is 7.53. The van der Waals surface area contributed by atoms with Crippen LogP contribution in [-0.2, 0) is 21.2 Å². The third-order valence-electron chi connectivity index (χ3n) is 5.14. The molecule has 0 saturated heterocycles. The summed E-state index contributed by atoms with van der Waals surface area (Å²) < 4.78 is 25.9. The standard InChI is InChI=1S/C18H26N2O3S/c1-24(22,23)20(16-8-3-2-4-9-16)14-12-18(21)19-13-11-15-7-5-6-10-17(15)19/h5-7,10,16H,2-4,8-9,11-14H2,1H3. The summed E-state index contributed by atoms with van der Waals surface area (Å²) in [6, 6.07) is 8.01. The molecule has 132 valence electrons. The third kappa shape index (κ3) is 3.81. The van der Waals surface area contributed by atoms with Crippen LogP contribution in [0.5, 0.6) is 0 Å². The number of hydrogen-bond acceptors (Lipinski definition) is 3. The summed E-state index contributed by atoms with van der Waals surface area (Å²) >= 11 is 0. The van der Waals surface area contributed by atoms with Crippen molar-refractivity contribution in [2.75, 3.05) is 24.2 Å². The predicted molar refractivity (Wildman–Crippen MR) is 95.5 cm³/mol. The van der Waals surface area contributed by atoms with Crippen molar-refractivity contribution in [3.63, 3.8) is 0 Å². The van der Waals surface area contributed by atoms with Crippen LogP contribution in [0.15, 0.2) is 24.3 Å². The lowest BCUT2D eigenvalue weighted by molar-refractivity contribution is -0.118. The van der Waals surface area contributed by atoms with E-state index in [2.05, 4.69) is 0 Å². The van der Waals surface area contributed by atoms with Crippen LogP contribution in [0.4, 0.5) is 5.69 Å². The number of para-hydroxylation sites is 1. The Kier molecular flexibility index (Phi) is 5.25. The summed E-state index contributed by atoms with van der Waals surface area (Å²) in [6.45, 7) is 0.988. The van der Waals surface area contributed by atoms with Crippen LogP contribution in [0.1, 0.15) is 44.1 Å². The molecule has 1 heterocycles. The number of fused-ring (bicyclic) bond motifs is 1. The van der Waals surface area contributed by atoms with Crippen molar-refractivity contribution in [1.82, 2.24) is 4.31 Å². The zero-order valence-corrected chi connectivity index (χ0v) is 15.1. The van der Waals surface area contributed by atoms with Crippen LogP contribution in [0.2, 0.25) is 0 Å². The van der Waals surface area contributed by atoms with Gasteiger partial charge in [-0.2, -0.15) is 4.31 Å². The Labute approximate surface area is 144 Å². The number of hydrogen-bond donors (Lipinski definition) is 0. The average molecular weight is 350 g/mol. The molecule has 3 rings (SSSR count). The van der Waals surface area contributed by atoms with E-state index in [9.17, 15) is 13.2 Å². The Morgan fingerprint density at radius 2 is 1.92 bits per heavy atom. The fourth-order valence-corrected chi connectivity index (χ4v) is 5.10. The first-order chi connectivity index (χ1) is 11.5. The number of nitrogens with zero attached hydrogens (tertiary/aromatic N) is 2. The van der Waals surface area contributed by atoms with Gasteiger partial charge in [0.05, 0.1) is 6.26 Å². The van der Waals surface area contributed by atoms with E-state index < -0.39 is 10.0 Å². The smallest absolute Gasteiger partial charge is 0.228 e. The fourth-order valence-electron chi connectivity index (χ4n) is 3.93. The lowest BCUT2D eigenvalue weighted by Crippen LogP contribution is -2.43. The van der Waals surface area contributed by atoms with Gasteiger partial charge in [0.2, 0.25) is 15.9 Å². The Bertz CT molecular complexity index is 696. The third-order valence-corrected chi connectivity index (χ3v) is 6.47. The molecule has 24 heavy (non-hydrogen) atoms. The summed E-state index contributed by atoms with van der Waals surface area (Å²) in [5, 5.41) is 0. The van der Waals surface area contributed by atoms with Gasteiger partial charge in [0.25, 0.3) is 0 Å². The van der Waals surface area contributed by atoms with Gasteiger partial charge in [0.15, 0.2) is 0 Å². The van der Waals surface area contributed by atoms with E-state index >= 15 is 0 Å². The Balaban J connectivity index is 1.65. The second-order valence-corrected chi connectivity index (χ2v) is 8.77. The second kappa shape index (κ2) is 7.23. The quantitative estimate of drug-likeness (QED) is 0.820. The van der Waals surface area contributed by atoms with Crippen molar-refractivity contribution in [2.24, 2.45) is 0 Å². The number of anilines is 1. The second-order valence-electron chi connectivity index (χ2n) is 6.84. The summed E-state index contributed by atoms with van der Waals surface area (Å²) in [5.74, 6) is 0.0180. The molecule has 0 unspecified atom stereocenters. The SMILES string of the molecule is CS(=O)(=O)N(CCC(=O)N1CCc2ccccc21)C1CCCCC1. The number of sulfonamides is 1. The first-order valence-electron chi connectivity index (χ1n) is 8.82. The monoisotopic (exact) mass is 350 g/mol.